The van der Waals surface area contributed by atoms with Crippen molar-refractivity contribution in [3.05, 3.63) is 0 Å². The van der Waals surface area contributed by atoms with Gasteiger partial charge >= 0.3 is 5.92 Å². The Balaban J connectivity index is 2.72. The molecule has 0 bridgehead atoms. The molecule has 0 radical (unpaired) electrons. The minimum atomic E-state index is -3.79. The third kappa shape index (κ3) is 1.34. The molecule has 1 rings (SSSR count). The van der Waals surface area contributed by atoms with Gasteiger partial charge in [-0.25, -0.2) is 0 Å². The molecular formula is C5H8F2O4. The summed E-state index contributed by atoms with van der Waals surface area (Å²) in [6, 6.07) is 0. The van der Waals surface area contributed by atoms with Crippen molar-refractivity contribution in [1.29, 1.82) is 0 Å². The van der Waals surface area contributed by atoms with Crippen molar-refractivity contribution in [2.75, 3.05) is 6.61 Å². The molecule has 4 nitrogen and oxygen atoms in total. The Morgan fingerprint density at radius 3 is 2.27 bits per heavy atom. The number of halogens is 2. The zero-order chi connectivity index (χ0) is 8.65. The molecule has 11 heavy (non-hydrogen) atoms. The lowest BCUT2D eigenvalue weighted by molar-refractivity contribution is -0.321. The second-order valence-electron chi connectivity index (χ2n) is 2.37. The van der Waals surface area contributed by atoms with E-state index in [1.54, 1.807) is 0 Å². The monoisotopic (exact) mass is 170 g/mol. The average Bonchev–Trinajstić information content (AvgIpc) is 1.95. The van der Waals surface area contributed by atoms with E-state index >= 15 is 0 Å². The summed E-state index contributed by atoms with van der Waals surface area (Å²) in [5.41, 5.74) is 0. The summed E-state index contributed by atoms with van der Waals surface area (Å²) < 4.78 is 29.0. The molecule has 0 saturated carbocycles. The van der Waals surface area contributed by atoms with Gasteiger partial charge in [-0.05, 0) is 0 Å². The number of hydrogen-bond donors (Lipinski definition) is 3. The number of alkyl halides is 2. The molecule has 1 saturated heterocycles. The third-order valence-electron chi connectivity index (χ3n) is 1.51. The Labute approximate surface area is 61.0 Å². The van der Waals surface area contributed by atoms with E-state index in [1.807, 2.05) is 0 Å². The molecule has 66 valence electrons. The number of ether oxygens (including phenoxy) is 1. The molecule has 0 spiro atoms. The third-order valence-corrected chi connectivity index (χ3v) is 1.51. The fourth-order valence-corrected chi connectivity index (χ4v) is 0.795. The van der Waals surface area contributed by atoms with Gasteiger partial charge in [0.05, 0.1) is 6.61 Å². The predicted molar refractivity (Wildman–Crippen MR) is 28.9 cm³/mol. The van der Waals surface area contributed by atoms with E-state index in [1.165, 1.54) is 0 Å². The maximum atomic E-state index is 12.5. The fourth-order valence-electron chi connectivity index (χ4n) is 0.795. The van der Waals surface area contributed by atoms with Gasteiger partial charge in [-0.2, -0.15) is 8.78 Å². The van der Waals surface area contributed by atoms with Crippen molar-refractivity contribution < 1.29 is 28.8 Å². The maximum absolute atomic E-state index is 12.5. The maximum Gasteiger partial charge on any atom is 0.325 e. The van der Waals surface area contributed by atoms with E-state index in [9.17, 15) is 8.78 Å². The van der Waals surface area contributed by atoms with Crippen LogP contribution in [0, 0.1) is 0 Å². The van der Waals surface area contributed by atoms with E-state index in [0.29, 0.717) is 0 Å². The summed E-state index contributed by atoms with van der Waals surface area (Å²) >= 11 is 0. The molecule has 0 aromatic carbocycles. The molecule has 0 aliphatic carbocycles. The van der Waals surface area contributed by atoms with Gasteiger partial charge in [0, 0.05) is 0 Å². The van der Waals surface area contributed by atoms with Crippen LogP contribution in [0.2, 0.25) is 0 Å². The lowest BCUT2D eigenvalue weighted by Crippen LogP contribution is -2.57. The van der Waals surface area contributed by atoms with Crippen LogP contribution in [0.3, 0.4) is 0 Å². The molecular weight excluding hydrogens is 162 g/mol. The van der Waals surface area contributed by atoms with E-state index in [-0.39, 0.29) is 0 Å². The first kappa shape index (κ1) is 8.79. The zero-order valence-corrected chi connectivity index (χ0v) is 5.44. The number of aliphatic hydroxyl groups is 3. The Morgan fingerprint density at radius 2 is 1.82 bits per heavy atom. The fraction of sp³-hybridized carbons (Fsp3) is 1.00. The Bertz CT molecular complexity index is 151. The van der Waals surface area contributed by atoms with Gasteiger partial charge in [0.1, 0.15) is 6.10 Å². The molecule has 1 heterocycles. The highest BCUT2D eigenvalue weighted by molar-refractivity contribution is 4.88. The van der Waals surface area contributed by atoms with Crippen LogP contribution in [0.5, 0.6) is 0 Å². The second-order valence-corrected chi connectivity index (χ2v) is 2.37. The number of hydrogen-bond acceptors (Lipinski definition) is 4. The minimum Gasteiger partial charge on any atom is -0.388 e. The van der Waals surface area contributed by atoms with E-state index < -0.39 is 31.0 Å². The Kier molecular flexibility index (Phi) is 2.10. The number of aliphatic hydroxyl groups excluding tert-OH is 3. The van der Waals surface area contributed by atoms with Gasteiger partial charge < -0.3 is 20.1 Å². The van der Waals surface area contributed by atoms with Crippen LogP contribution in [0.15, 0.2) is 0 Å². The van der Waals surface area contributed by atoms with Crippen LogP contribution < -0.4 is 0 Å². The zero-order valence-electron chi connectivity index (χ0n) is 5.44. The van der Waals surface area contributed by atoms with E-state index in [0.717, 1.165) is 0 Å². The van der Waals surface area contributed by atoms with Crippen LogP contribution in [0.1, 0.15) is 0 Å². The first-order chi connectivity index (χ1) is 4.96. The van der Waals surface area contributed by atoms with Crippen molar-refractivity contribution in [2.24, 2.45) is 0 Å². The molecule has 0 unspecified atom stereocenters. The quantitative estimate of drug-likeness (QED) is 0.422. The van der Waals surface area contributed by atoms with Gasteiger partial charge in [-0.15, -0.1) is 0 Å². The van der Waals surface area contributed by atoms with Gasteiger partial charge in [0.2, 0.25) is 6.29 Å². The van der Waals surface area contributed by atoms with Gasteiger partial charge in [-0.1, -0.05) is 0 Å². The molecule has 0 aromatic heterocycles. The van der Waals surface area contributed by atoms with Crippen LogP contribution in [0.25, 0.3) is 0 Å². The SMILES string of the molecule is O[C@@H]1CO[C@@H](O)C(F)(F)[C@@H]1O. The molecule has 0 amide bonds. The lowest BCUT2D eigenvalue weighted by atomic mass is 10.0. The average molecular weight is 170 g/mol. The molecule has 0 aromatic rings. The van der Waals surface area contributed by atoms with Crippen molar-refractivity contribution in [1.82, 2.24) is 0 Å². The summed E-state index contributed by atoms with van der Waals surface area (Å²) in [5, 5.41) is 25.8. The largest absolute Gasteiger partial charge is 0.388 e. The normalized spacial score (nSPS) is 43.9. The molecule has 3 N–H and O–H groups in total. The first-order valence-corrected chi connectivity index (χ1v) is 3.00. The van der Waals surface area contributed by atoms with Gasteiger partial charge in [0.25, 0.3) is 0 Å². The summed E-state index contributed by atoms with van der Waals surface area (Å²) in [5.74, 6) is -3.79. The Hall–Kier alpha value is -0.300. The molecule has 1 fully saturated rings. The summed E-state index contributed by atoms with van der Waals surface area (Å²) in [7, 11) is 0. The van der Waals surface area contributed by atoms with Crippen molar-refractivity contribution in [3.8, 4) is 0 Å². The smallest absolute Gasteiger partial charge is 0.325 e. The van der Waals surface area contributed by atoms with Crippen LogP contribution in [0.4, 0.5) is 8.78 Å². The standard InChI is InChI=1S/C5H8F2O4/c6-5(7)3(9)2(8)1-11-4(5)10/h2-4,8-10H,1H2/t2-,3-,4-/m1/s1. The van der Waals surface area contributed by atoms with Crippen molar-refractivity contribution in [2.45, 2.75) is 24.4 Å². The summed E-state index contributed by atoms with van der Waals surface area (Å²) in [4.78, 5) is 0. The van der Waals surface area contributed by atoms with E-state index in [2.05, 4.69) is 4.74 Å². The first-order valence-electron chi connectivity index (χ1n) is 3.00. The Morgan fingerprint density at radius 1 is 1.27 bits per heavy atom. The highest BCUT2D eigenvalue weighted by Crippen LogP contribution is 2.30. The van der Waals surface area contributed by atoms with Gasteiger partial charge in [-0.3, -0.25) is 0 Å². The van der Waals surface area contributed by atoms with Gasteiger partial charge in [0.15, 0.2) is 6.10 Å². The molecule has 6 heteroatoms. The summed E-state index contributed by atoms with van der Waals surface area (Å²) in [6.45, 7) is -0.488. The molecule has 1 aliphatic heterocycles. The highest BCUT2D eigenvalue weighted by Gasteiger charge is 2.53. The predicted octanol–water partition coefficient (Wildman–Crippen LogP) is -1.31. The highest BCUT2D eigenvalue weighted by atomic mass is 19.3. The summed E-state index contributed by atoms with van der Waals surface area (Å²) in [6.07, 6.45) is -6.24. The van der Waals surface area contributed by atoms with Crippen LogP contribution in [-0.2, 0) is 4.74 Å². The second kappa shape index (κ2) is 2.63. The topological polar surface area (TPSA) is 69.9 Å². The van der Waals surface area contributed by atoms with Crippen molar-refractivity contribution >= 4 is 0 Å². The number of rotatable bonds is 0. The molecule has 3 atom stereocenters. The molecule has 1 aliphatic rings. The van der Waals surface area contributed by atoms with E-state index in [4.69, 9.17) is 15.3 Å². The van der Waals surface area contributed by atoms with Crippen LogP contribution in [-0.4, -0.2) is 46.3 Å². The minimum absolute atomic E-state index is 0.488. The van der Waals surface area contributed by atoms with Crippen molar-refractivity contribution in [3.63, 3.8) is 0 Å². The lowest BCUT2D eigenvalue weighted by Gasteiger charge is -2.34. The van der Waals surface area contributed by atoms with Crippen LogP contribution >= 0.6 is 0 Å².